The number of halogens is 2. The van der Waals surface area contributed by atoms with E-state index in [4.69, 9.17) is 16.3 Å². The second-order valence-corrected chi connectivity index (χ2v) is 7.47. The maximum Gasteiger partial charge on any atom is 0.410 e. The van der Waals surface area contributed by atoms with Crippen LogP contribution in [0.4, 0.5) is 4.79 Å². The van der Waals surface area contributed by atoms with Crippen molar-refractivity contribution in [3.05, 3.63) is 33.3 Å². The van der Waals surface area contributed by atoms with Crippen LogP contribution in [0.5, 0.6) is 0 Å². The van der Waals surface area contributed by atoms with E-state index in [2.05, 4.69) is 21.2 Å². The average molecular weight is 376 g/mol. The molecular formula is C15H20BrClN2O2. The lowest BCUT2D eigenvalue weighted by atomic mass is 10.1. The van der Waals surface area contributed by atoms with Crippen molar-refractivity contribution in [3.8, 4) is 0 Å². The highest BCUT2D eigenvalue weighted by Gasteiger charge is 2.33. The lowest BCUT2D eigenvalue weighted by molar-refractivity contribution is 0.00519. The molecule has 2 rings (SSSR count). The summed E-state index contributed by atoms with van der Waals surface area (Å²) in [4.78, 5) is 13.5. The molecule has 1 aliphatic rings. The third-order valence-electron chi connectivity index (χ3n) is 3.11. The largest absolute Gasteiger partial charge is 0.444 e. The SMILES string of the molecule is CC(C)(C)OC(=O)N1CC(NCc2ccc(Br)c(Cl)c2)C1. The van der Waals surface area contributed by atoms with E-state index in [0.29, 0.717) is 24.2 Å². The second-order valence-electron chi connectivity index (χ2n) is 6.21. The Morgan fingerprint density at radius 2 is 2.14 bits per heavy atom. The van der Waals surface area contributed by atoms with Gasteiger partial charge in [-0.3, -0.25) is 0 Å². The number of likely N-dealkylation sites (tertiary alicyclic amines) is 1. The van der Waals surface area contributed by atoms with Gasteiger partial charge in [-0.15, -0.1) is 0 Å². The molecule has 116 valence electrons. The third kappa shape index (κ3) is 4.87. The molecule has 1 fully saturated rings. The number of nitrogens with zero attached hydrogens (tertiary/aromatic N) is 1. The van der Waals surface area contributed by atoms with Gasteiger partial charge < -0.3 is 15.0 Å². The lowest BCUT2D eigenvalue weighted by Crippen LogP contribution is -2.60. The van der Waals surface area contributed by atoms with Crippen LogP contribution in [0.2, 0.25) is 5.02 Å². The van der Waals surface area contributed by atoms with Gasteiger partial charge in [-0.05, 0) is 54.4 Å². The van der Waals surface area contributed by atoms with Gasteiger partial charge in [0.1, 0.15) is 5.60 Å². The molecule has 1 amide bonds. The number of rotatable bonds is 3. The second kappa shape index (κ2) is 6.55. The van der Waals surface area contributed by atoms with E-state index in [1.54, 1.807) is 4.90 Å². The van der Waals surface area contributed by atoms with Crippen LogP contribution in [0.1, 0.15) is 26.3 Å². The maximum absolute atomic E-state index is 11.8. The molecule has 0 saturated carbocycles. The van der Waals surface area contributed by atoms with Gasteiger partial charge in [0.05, 0.1) is 5.02 Å². The van der Waals surface area contributed by atoms with Crippen LogP contribution >= 0.6 is 27.5 Å². The highest BCUT2D eigenvalue weighted by Crippen LogP contribution is 2.23. The molecule has 6 heteroatoms. The molecule has 21 heavy (non-hydrogen) atoms. The van der Waals surface area contributed by atoms with Gasteiger partial charge in [-0.2, -0.15) is 0 Å². The first-order valence-electron chi connectivity index (χ1n) is 6.90. The summed E-state index contributed by atoms with van der Waals surface area (Å²) in [6.45, 7) is 7.71. The summed E-state index contributed by atoms with van der Waals surface area (Å²) in [5, 5.41) is 4.11. The predicted octanol–water partition coefficient (Wildman–Crippen LogP) is 3.81. The first-order valence-corrected chi connectivity index (χ1v) is 8.07. The Hall–Kier alpha value is -0.780. The van der Waals surface area contributed by atoms with Gasteiger partial charge in [-0.1, -0.05) is 17.7 Å². The summed E-state index contributed by atoms with van der Waals surface area (Å²) < 4.78 is 6.21. The van der Waals surface area contributed by atoms with E-state index < -0.39 is 5.60 Å². The molecule has 1 N–H and O–H groups in total. The van der Waals surface area contributed by atoms with Gasteiger partial charge in [0.15, 0.2) is 0 Å². The standard InChI is InChI=1S/C15H20BrClN2O2/c1-15(2,3)21-14(20)19-8-11(9-19)18-7-10-4-5-12(16)13(17)6-10/h4-6,11,18H,7-9H2,1-3H3. The predicted molar refractivity (Wildman–Crippen MR) is 87.6 cm³/mol. The molecule has 0 bridgehead atoms. The van der Waals surface area contributed by atoms with Crippen LogP contribution in [0.25, 0.3) is 0 Å². The molecule has 1 heterocycles. The molecule has 0 atom stereocenters. The molecule has 0 unspecified atom stereocenters. The molecule has 4 nitrogen and oxygen atoms in total. The Morgan fingerprint density at radius 3 is 2.71 bits per heavy atom. The van der Waals surface area contributed by atoms with Crippen molar-refractivity contribution >= 4 is 33.6 Å². The van der Waals surface area contributed by atoms with Gasteiger partial charge in [-0.25, -0.2) is 4.79 Å². The Labute approximate surface area is 138 Å². The fraction of sp³-hybridized carbons (Fsp3) is 0.533. The van der Waals surface area contributed by atoms with Crippen molar-refractivity contribution in [1.29, 1.82) is 0 Å². The summed E-state index contributed by atoms with van der Waals surface area (Å²) in [5.41, 5.74) is 0.683. The molecule has 1 aromatic rings. The minimum atomic E-state index is -0.441. The molecule has 0 radical (unpaired) electrons. The summed E-state index contributed by atoms with van der Waals surface area (Å²) in [6.07, 6.45) is -0.243. The number of benzene rings is 1. The Kier molecular flexibility index (Phi) is 5.17. The van der Waals surface area contributed by atoms with Crippen molar-refractivity contribution in [2.24, 2.45) is 0 Å². The fourth-order valence-corrected chi connectivity index (χ4v) is 2.44. The zero-order chi connectivity index (χ0) is 15.6. The minimum Gasteiger partial charge on any atom is -0.444 e. The van der Waals surface area contributed by atoms with E-state index in [-0.39, 0.29) is 6.09 Å². The highest BCUT2D eigenvalue weighted by molar-refractivity contribution is 9.10. The normalized spacial score (nSPS) is 15.8. The molecule has 1 aromatic carbocycles. The zero-order valence-electron chi connectivity index (χ0n) is 12.5. The van der Waals surface area contributed by atoms with Gasteiger partial charge in [0.2, 0.25) is 0 Å². The van der Waals surface area contributed by atoms with Gasteiger partial charge >= 0.3 is 6.09 Å². The van der Waals surface area contributed by atoms with Crippen LogP contribution in [0, 0.1) is 0 Å². The van der Waals surface area contributed by atoms with Crippen LogP contribution in [0.3, 0.4) is 0 Å². The number of amides is 1. The number of carbonyl (C=O) groups is 1. The van der Waals surface area contributed by atoms with Crippen molar-refractivity contribution in [2.75, 3.05) is 13.1 Å². The Balaban J connectivity index is 1.73. The zero-order valence-corrected chi connectivity index (χ0v) is 14.8. The molecule has 0 aromatic heterocycles. The van der Waals surface area contributed by atoms with Crippen molar-refractivity contribution < 1.29 is 9.53 Å². The topological polar surface area (TPSA) is 41.6 Å². The Bertz CT molecular complexity index is 525. The highest BCUT2D eigenvalue weighted by atomic mass is 79.9. The van der Waals surface area contributed by atoms with Crippen molar-refractivity contribution in [3.63, 3.8) is 0 Å². The smallest absolute Gasteiger partial charge is 0.410 e. The van der Waals surface area contributed by atoms with E-state index in [0.717, 1.165) is 16.6 Å². The van der Waals surface area contributed by atoms with E-state index in [1.165, 1.54) is 0 Å². The molecule has 1 aliphatic heterocycles. The fourth-order valence-electron chi connectivity index (χ4n) is 2.00. The summed E-state index contributed by atoms with van der Waals surface area (Å²) in [5.74, 6) is 0. The van der Waals surface area contributed by atoms with E-state index in [9.17, 15) is 4.79 Å². The summed E-state index contributed by atoms with van der Waals surface area (Å²) >= 11 is 9.43. The number of hydrogen-bond acceptors (Lipinski definition) is 3. The van der Waals surface area contributed by atoms with Crippen LogP contribution in [-0.4, -0.2) is 35.7 Å². The van der Waals surface area contributed by atoms with E-state index >= 15 is 0 Å². The van der Waals surface area contributed by atoms with Crippen molar-refractivity contribution in [1.82, 2.24) is 10.2 Å². The number of carbonyl (C=O) groups excluding carboxylic acids is 1. The lowest BCUT2D eigenvalue weighted by Gasteiger charge is -2.40. The van der Waals surface area contributed by atoms with Crippen molar-refractivity contribution in [2.45, 2.75) is 39.0 Å². The number of ether oxygens (including phenoxy) is 1. The first-order chi connectivity index (χ1) is 9.74. The number of nitrogens with one attached hydrogen (secondary N) is 1. The maximum atomic E-state index is 11.8. The monoisotopic (exact) mass is 374 g/mol. The first kappa shape index (κ1) is 16.6. The average Bonchev–Trinajstić information content (AvgIpc) is 2.29. The Morgan fingerprint density at radius 1 is 1.48 bits per heavy atom. The van der Waals surface area contributed by atoms with Gasteiger partial charge in [0, 0.05) is 30.1 Å². The minimum absolute atomic E-state index is 0.243. The summed E-state index contributed by atoms with van der Waals surface area (Å²) in [7, 11) is 0. The third-order valence-corrected chi connectivity index (χ3v) is 4.34. The molecule has 1 saturated heterocycles. The van der Waals surface area contributed by atoms with Gasteiger partial charge in [0.25, 0.3) is 0 Å². The summed E-state index contributed by atoms with van der Waals surface area (Å²) in [6, 6.07) is 6.20. The quantitative estimate of drug-likeness (QED) is 0.873. The molecule has 0 spiro atoms. The van der Waals surface area contributed by atoms with E-state index in [1.807, 2.05) is 39.0 Å². The van der Waals surface area contributed by atoms with Crippen LogP contribution in [-0.2, 0) is 11.3 Å². The van der Waals surface area contributed by atoms with Crippen LogP contribution in [0.15, 0.2) is 22.7 Å². The number of hydrogen-bond donors (Lipinski definition) is 1. The molecular weight excluding hydrogens is 356 g/mol. The molecule has 0 aliphatic carbocycles. The van der Waals surface area contributed by atoms with Crippen LogP contribution < -0.4 is 5.32 Å².